The number of ether oxygens (including phenoxy) is 1. The molecule has 0 unspecified atom stereocenters. The highest BCUT2D eigenvalue weighted by molar-refractivity contribution is 5.10. The molecule has 0 bridgehead atoms. The molecule has 0 aliphatic rings. The molecule has 1 rings (SSSR count). The Morgan fingerprint density at radius 2 is 1.76 bits per heavy atom. The molecular weight excluding hydrogens is 260 g/mol. The van der Waals surface area contributed by atoms with E-state index >= 15 is 0 Å². The summed E-state index contributed by atoms with van der Waals surface area (Å²) in [6.45, 7) is 8.84. The monoisotopic (exact) mass is 292 g/mol. The second-order valence-electron chi connectivity index (χ2n) is 5.98. The van der Waals surface area contributed by atoms with E-state index in [-0.39, 0.29) is 0 Å². The molecule has 1 aromatic heterocycles. The first-order valence-corrected chi connectivity index (χ1v) is 8.48. The standard InChI is InChI=1S/C18H32N2O/c1-4-5-6-7-8-9-13-21-15-18-12-10-11-17(20-18)14-19-16(2)3/h10-12,16,19H,4-9,13-15H2,1-3H3. The van der Waals surface area contributed by atoms with Gasteiger partial charge in [0.15, 0.2) is 0 Å². The molecule has 1 N–H and O–H groups in total. The zero-order valence-corrected chi connectivity index (χ0v) is 14.0. The van der Waals surface area contributed by atoms with Crippen LogP contribution in [-0.2, 0) is 17.9 Å². The van der Waals surface area contributed by atoms with Gasteiger partial charge in [-0.1, -0.05) is 58.9 Å². The Labute approximate surface area is 130 Å². The molecule has 0 saturated heterocycles. The molecule has 120 valence electrons. The smallest absolute Gasteiger partial charge is 0.0887 e. The number of nitrogens with one attached hydrogen (secondary N) is 1. The van der Waals surface area contributed by atoms with Crippen LogP contribution in [0.4, 0.5) is 0 Å². The maximum atomic E-state index is 5.72. The molecule has 0 atom stereocenters. The van der Waals surface area contributed by atoms with Crippen LogP contribution < -0.4 is 5.32 Å². The molecule has 0 saturated carbocycles. The van der Waals surface area contributed by atoms with Crippen molar-refractivity contribution in [3.05, 3.63) is 29.6 Å². The van der Waals surface area contributed by atoms with Crippen LogP contribution in [0.3, 0.4) is 0 Å². The van der Waals surface area contributed by atoms with E-state index in [1.807, 2.05) is 6.07 Å². The van der Waals surface area contributed by atoms with Gasteiger partial charge in [0.2, 0.25) is 0 Å². The fourth-order valence-corrected chi connectivity index (χ4v) is 2.18. The fourth-order valence-electron chi connectivity index (χ4n) is 2.18. The van der Waals surface area contributed by atoms with Gasteiger partial charge in [-0.05, 0) is 18.6 Å². The molecule has 21 heavy (non-hydrogen) atoms. The lowest BCUT2D eigenvalue weighted by Gasteiger charge is -2.09. The van der Waals surface area contributed by atoms with E-state index in [2.05, 4.69) is 43.2 Å². The van der Waals surface area contributed by atoms with Crippen LogP contribution in [0.25, 0.3) is 0 Å². The third kappa shape index (κ3) is 9.59. The molecule has 0 aliphatic heterocycles. The summed E-state index contributed by atoms with van der Waals surface area (Å²) in [5.74, 6) is 0. The van der Waals surface area contributed by atoms with Gasteiger partial charge in [0, 0.05) is 19.2 Å². The largest absolute Gasteiger partial charge is 0.375 e. The van der Waals surface area contributed by atoms with E-state index < -0.39 is 0 Å². The Hall–Kier alpha value is -0.930. The van der Waals surface area contributed by atoms with Gasteiger partial charge in [-0.15, -0.1) is 0 Å². The molecule has 1 aromatic rings. The van der Waals surface area contributed by atoms with Gasteiger partial charge in [-0.2, -0.15) is 0 Å². The molecule has 0 spiro atoms. The summed E-state index contributed by atoms with van der Waals surface area (Å²) in [7, 11) is 0. The molecule has 0 fully saturated rings. The first-order valence-electron chi connectivity index (χ1n) is 8.48. The second kappa shape index (κ2) is 11.7. The predicted octanol–water partition coefficient (Wildman–Crippen LogP) is 4.46. The highest BCUT2D eigenvalue weighted by Gasteiger charge is 2.00. The third-order valence-electron chi connectivity index (χ3n) is 3.45. The molecule has 0 amide bonds. The fraction of sp³-hybridized carbons (Fsp3) is 0.722. The minimum atomic E-state index is 0.486. The number of unbranched alkanes of at least 4 members (excludes halogenated alkanes) is 5. The van der Waals surface area contributed by atoms with Crippen LogP contribution >= 0.6 is 0 Å². The third-order valence-corrected chi connectivity index (χ3v) is 3.45. The Morgan fingerprint density at radius 1 is 1.05 bits per heavy atom. The van der Waals surface area contributed by atoms with E-state index in [0.29, 0.717) is 12.6 Å². The van der Waals surface area contributed by atoms with Crippen molar-refractivity contribution in [3.63, 3.8) is 0 Å². The van der Waals surface area contributed by atoms with Crippen molar-refractivity contribution in [3.8, 4) is 0 Å². The van der Waals surface area contributed by atoms with Crippen LogP contribution in [0.15, 0.2) is 18.2 Å². The SMILES string of the molecule is CCCCCCCCOCc1cccc(CNC(C)C)n1. The molecule has 0 aliphatic carbocycles. The highest BCUT2D eigenvalue weighted by Crippen LogP contribution is 2.06. The van der Waals surface area contributed by atoms with Gasteiger partial charge in [0.05, 0.1) is 18.0 Å². The van der Waals surface area contributed by atoms with Gasteiger partial charge in [0.25, 0.3) is 0 Å². The van der Waals surface area contributed by atoms with Crippen molar-refractivity contribution in [1.29, 1.82) is 0 Å². The maximum absolute atomic E-state index is 5.72. The number of hydrogen-bond donors (Lipinski definition) is 1. The summed E-state index contributed by atoms with van der Waals surface area (Å²) in [6, 6.07) is 6.65. The topological polar surface area (TPSA) is 34.1 Å². The van der Waals surface area contributed by atoms with E-state index in [1.165, 1.54) is 32.1 Å². The lowest BCUT2D eigenvalue weighted by Crippen LogP contribution is -2.22. The van der Waals surface area contributed by atoms with E-state index in [0.717, 1.165) is 31.0 Å². The Morgan fingerprint density at radius 3 is 2.52 bits per heavy atom. The lowest BCUT2D eigenvalue weighted by atomic mass is 10.1. The van der Waals surface area contributed by atoms with Crippen molar-refractivity contribution in [2.75, 3.05) is 6.61 Å². The molecule has 0 radical (unpaired) electrons. The van der Waals surface area contributed by atoms with Crippen LogP contribution in [0.1, 0.15) is 70.7 Å². The average molecular weight is 292 g/mol. The zero-order valence-electron chi connectivity index (χ0n) is 14.0. The quantitative estimate of drug-likeness (QED) is 0.578. The zero-order chi connectivity index (χ0) is 15.3. The number of hydrogen-bond acceptors (Lipinski definition) is 3. The molecule has 1 heterocycles. The molecule has 3 nitrogen and oxygen atoms in total. The van der Waals surface area contributed by atoms with E-state index in [9.17, 15) is 0 Å². The van der Waals surface area contributed by atoms with Crippen molar-refractivity contribution < 1.29 is 4.74 Å². The molecular formula is C18H32N2O. The maximum Gasteiger partial charge on any atom is 0.0887 e. The van der Waals surface area contributed by atoms with Gasteiger partial charge >= 0.3 is 0 Å². The predicted molar refractivity (Wildman–Crippen MR) is 89.2 cm³/mol. The Balaban J connectivity index is 2.13. The van der Waals surface area contributed by atoms with Crippen LogP contribution in [0.5, 0.6) is 0 Å². The van der Waals surface area contributed by atoms with Crippen molar-refractivity contribution in [2.24, 2.45) is 0 Å². The first-order chi connectivity index (χ1) is 10.2. The number of pyridine rings is 1. The van der Waals surface area contributed by atoms with Gasteiger partial charge in [-0.3, -0.25) is 4.98 Å². The number of rotatable bonds is 12. The van der Waals surface area contributed by atoms with Crippen LogP contribution in [-0.4, -0.2) is 17.6 Å². The number of nitrogens with zero attached hydrogens (tertiary/aromatic N) is 1. The second-order valence-corrected chi connectivity index (χ2v) is 5.98. The normalized spacial score (nSPS) is 11.2. The van der Waals surface area contributed by atoms with Gasteiger partial charge in [0.1, 0.15) is 0 Å². The van der Waals surface area contributed by atoms with E-state index in [1.54, 1.807) is 0 Å². The minimum absolute atomic E-state index is 0.486. The van der Waals surface area contributed by atoms with Gasteiger partial charge in [-0.25, -0.2) is 0 Å². The summed E-state index contributed by atoms with van der Waals surface area (Å²) >= 11 is 0. The Kier molecular flexibility index (Phi) is 10.1. The summed E-state index contributed by atoms with van der Waals surface area (Å²) in [5.41, 5.74) is 2.12. The summed E-state index contributed by atoms with van der Waals surface area (Å²) < 4.78 is 5.72. The van der Waals surface area contributed by atoms with Crippen LogP contribution in [0.2, 0.25) is 0 Å². The summed E-state index contributed by atoms with van der Waals surface area (Å²) in [5, 5.41) is 3.39. The first kappa shape index (κ1) is 18.1. The van der Waals surface area contributed by atoms with Crippen LogP contribution in [0, 0.1) is 0 Å². The minimum Gasteiger partial charge on any atom is -0.375 e. The van der Waals surface area contributed by atoms with E-state index in [4.69, 9.17) is 4.74 Å². The highest BCUT2D eigenvalue weighted by atomic mass is 16.5. The van der Waals surface area contributed by atoms with Crippen molar-refractivity contribution >= 4 is 0 Å². The average Bonchev–Trinajstić information content (AvgIpc) is 2.48. The van der Waals surface area contributed by atoms with Crippen molar-refractivity contribution in [2.45, 2.75) is 78.5 Å². The Bertz CT molecular complexity index is 366. The van der Waals surface area contributed by atoms with Crippen molar-refractivity contribution in [1.82, 2.24) is 10.3 Å². The molecule has 3 heteroatoms. The van der Waals surface area contributed by atoms with Gasteiger partial charge < -0.3 is 10.1 Å². The lowest BCUT2D eigenvalue weighted by molar-refractivity contribution is 0.114. The summed E-state index contributed by atoms with van der Waals surface area (Å²) in [4.78, 5) is 4.62. The molecule has 0 aromatic carbocycles. The summed E-state index contributed by atoms with van der Waals surface area (Å²) in [6.07, 6.45) is 7.82. The number of aromatic nitrogens is 1.